The molecule has 0 radical (unpaired) electrons. The van der Waals surface area contributed by atoms with Crippen LogP contribution in [-0.4, -0.2) is 35.3 Å². The average molecular weight is 359 g/mol. The highest BCUT2D eigenvalue weighted by molar-refractivity contribution is 6.12. The molecular formula is C22H21N3O2. The van der Waals surface area contributed by atoms with Crippen LogP contribution >= 0.6 is 0 Å². The van der Waals surface area contributed by atoms with E-state index in [1.165, 1.54) is 0 Å². The third-order valence-electron chi connectivity index (χ3n) is 6.04. The highest BCUT2D eigenvalue weighted by atomic mass is 16.2. The van der Waals surface area contributed by atoms with Gasteiger partial charge in [0.2, 0.25) is 5.91 Å². The minimum absolute atomic E-state index is 0.00207. The van der Waals surface area contributed by atoms with Crippen LogP contribution < -0.4 is 4.90 Å². The molecule has 136 valence electrons. The fourth-order valence-corrected chi connectivity index (χ4v) is 4.84. The van der Waals surface area contributed by atoms with E-state index in [0.717, 1.165) is 39.8 Å². The number of nitrogens with zero attached hydrogens (tertiary/aromatic N) is 2. The zero-order chi connectivity index (χ0) is 18.8. The summed E-state index contributed by atoms with van der Waals surface area (Å²) in [7, 11) is 1.79. The standard InChI is InChI=1S/C22H21N3O2/c1-3-19(26)25-13-12-15-14-8-4-6-10-17(14)23-20(15)22(25)16-9-5-7-11-18(16)24(2)21(22)27/h4-11,23H,3,12-13H2,1-2H3/t22-/m1/s1. The molecular weight excluding hydrogens is 338 g/mol. The van der Waals surface area contributed by atoms with Gasteiger partial charge in [-0.05, 0) is 24.1 Å². The third kappa shape index (κ3) is 1.84. The van der Waals surface area contributed by atoms with Crippen molar-refractivity contribution in [2.75, 3.05) is 18.5 Å². The first-order chi connectivity index (χ1) is 13.1. The molecule has 0 saturated carbocycles. The number of carbonyl (C=O) groups excluding carboxylic acids is 2. The lowest BCUT2D eigenvalue weighted by atomic mass is 9.79. The number of nitrogens with one attached hydrogen (secondary N) is 1. The first-order valence-corrected chi connectivity index (χ1v) is 9.39. The van der Waals surface area contributed by atoms with E-state index >= 15 is 0 Å². The van der Waals surface area contributed by atoms with Gasteiger partial charge in [-0.15, -0.1) is 0 Å². The molecule has 2 aliphatic heterocycles. The van der Waals surface area contributed by atoms with Gasteiger partial charge in [-0.25, -0.2) is 0 Å². The first-order valence-electron chi connectivity index (χ1n) is 9.39. The summed E-state index contributed by atoms with van der Waals surface area (Å²) in [6.07, 6.45) is 1.11. The van der Waals surface area contributed by atoms with E-state index < -0.39 is 5.54 Å². The minimum atomic E-state index is -1.11. The van der Waals surface area contributed by atoms with Crippen LogP contribution in [0.15, 0.2) is 48.5 Å². The van der Waals surface area contributed by atoms with Gasteiger partial charge in [-0.2, -0.15) is 0 Å². The monoisotopic (exact) mass is 359 g/mol. The normalized spacial score (nSPS) is 21.0. The summed E-state index contributed by atoms with van der Waals surface area (Å²) in [6.45, 7) is 2.39. The minimum Gasteiger partial charge on any atom is -0.355 e. The molecule has 0 unspecified atom stereocenters. The number of para-hydroxylation sites is 2. The van der Waals surface area contributed by atoms with Gasteiger partial charge in [-0.1, -0.05) is 43.3 Å². The maximum absolute atomic E-state index is 13.7. The second-order valence-corrected chi connectivity index (χ2v) is 7.26. The number of likely N-dealkylation sites (N-methyl/N-ethyl adjacent to an activating group) is 1. The molecule has 1 aromatic heterocycles. The van der Waals surface area contributed by atoms with E-state index in [2.05, 4.69) is 11.1 Å². The largest absolute Gasteiger partial charge is 0.355 e. The number of hydrogen-bond acceptors (Lipinski definition) is 2. The SMILES string of the molecule is CCC(=O)N1CCc2c([nH]c3ccccc23)[C@]12C(=O)N(C)c1ccccc12. The molecule has 3 heterocycles. The Labute approximate surface area is 157 Å². The number of fused-ring (bicyclic) bond motifs is 6. The molecule has 1 N–H and O–H groups in total. The summed E-state index contributed by atoms with van der Waals surface area (Å²) in [4.78, 5) is 33.7. The molecule has 1 atom stereocenters. The number of benzene rings is 2. The van der Waals surface area contributed by atoms with E-state index in [-0.39, 0.29) is 11.8 Å². The van der Waals surface area contributed by atoms with Crippen molar-refractivity contribution in [1.82, 2.24) is 9.88 Å². The van der Waals surface area contributed by atoms with Crippen molar-refractivity contribution >= 4 is 28.4 Å². The van der Waals surface area contributed by atoms with Crippen LogP contribution in [0.25, 0.3) is 10.9 Å². The van der Waals surface area contributed by atoms with Crippen molar-refractivity contribution in [3.05, 3.63) is 65.4 Å². The van der Waals surface area contributed by atoms with Gasteiger partial charge in [0.1, 0.15) is 0 Å². The molecule has 3 aromatic rings. The molecule has 0 aliphatic carbocycles. The van der Waals surface area contributed by atoms with Crippen LogP contribution in [0.1, 0.15) is 30.2 Å². The second kappa shape index (κ2) is 5.46. The van der Waals surface area contributed by atoms with E-state index in [4.69, 9.17) is 0 Å². The molecule has 0 saturated heterocycles. The first kappa shape index (κ1) is 16.1. The molecule has 5 rings (SSSR count). The molecule has 2 amide bonds. The Kier molecular flexibility index (Phi) is 3.26. The fraction of sp³-hybridized carbons (Fsp3) is 0.273. The zero-order valence-corrected chi connectivity index (χ0v) is 15.5. The molecule has 1 spiro atoms. The Morgan fingerprint density at radius 3 is 2.70 bits per heavy atom. The molecule has 2 aromatic carbocycles. The number of H-pyrrole nitrogens is 1. The van der Waals surface area contributed by atoms with Crippen molar-refractivity contribution < 1.29 is 9.59 Å². The van der Waals surface area contributed by atoms with Crippen LogP contribution in [0.3, 0.4) is 0 Å². The van der Waals surface area contributed by atoms with Crippen LogP contribution in [0, 0.1) is 0 Å². The zero-order valence-electron chi connectivity index (χ0n) is 15.5. The van der Waals surface area contributed by atoms with Crippen LogP contribution in [0.4, 0.5) is 5.69 Å². The van der Waals surface area contributed by atoms with Gasteiger partial charge < -0.3 is 14.8 Å². The van der Waals surface area contributed by atoms with Gasteiger partial charge in [0.25, 0.3) is 5.91 Å². The summed E-state index contributed by atoms with van der Waals surface area (Å²) < 4.78 is 0. The topological polar surface area (TPSA) is 56.4 Å². The van der Waals surface area contributed by atoms with Crippen LogP contribution in [0.5, 0.6) is 0 Å². The molecule has 2 aliphatic rings. The van der Waals surface area contributed by atoms with Gasteiger partial charge in [0.05, 0.1) is 5.69 Å². The number of rotatable bonds is 1. The van der Waals surface area contributed by atoms with Crippen LogP contribution in [0.2, 0.25) is 0 Å². The quantitative estimate of drug-likeness (QED) is 0.725. The van der Waals surface area contributed by atoms with Crippen molar-refractivity contribution in [2.45, 2.75) is 25.3 Å². The van der Waals surface area contributed by atoms with E-state index in [9.17, 15) is 9.59 Å². The lowest BCUT2D eigenvalue weighted by Crippen LogP contribution is -2.58. The number of anilines is 1. The predicted molar refractivity (Wildman–Crippen MR) is 105 cm³/mol. The Bertz CT molecular complexity index is 1100. The highest BCUT2D eigenvalue weighted by Crippen LogP contribution is 2.51. The van der Waals surface area contributed by atoms with E-state index in [1.807, 2.05) is 49.4 Å². The molecule has 27 heavy (non-hydrogen) atoms. The van der Waals surface area contributed by atoms with Crippen molar-refractivity contribution in [1.29, 1.82) is 0 Å². The number of carbonyl (C=O) groups is 2. The smallest absolute Gasteiger partial charge is 0.263 e. The number of aromatic amines is 1. The van der Waals surface area contributed by atoms with Crippen LogP contribution in [-0.2, 0) is 21.5 Å². The highest BCUT2D eigenvalue weighted by Gasteiger charge is 2.59. The molecule has 0 bridgehead atoms. The fourth-order valence-electron chi connectivity index (χ4n) is 4.84. The summed E-state index contributed by atoms with van der Waals surface area (Å²) in [6, 6.07) is 15.9. The van der Waals surface area contributed by atoms with Crippen molar-refractivity contribution in [2.24, 2.45) is 0 Å². The van der Waals surface area contributed by atoms with Gasteiger partial charge in [0.15, 0.2) is 5.54 Å². The Hall–Kier alpha value is -3.08. The van der Waals surface area contributed by atoms with Gasteiger partial charge in [-0.3, -0.25) is 9.59 Å². The van der Waals surface area contributed by atoms with E-state index in [1.54, 1.807) is 16.8 Å². The van der Waals surface area contributed by atoms with E-state index in [0.29, 0.717) is 13.0 Å². The molecule has 5 nitrogen and oxygen atoms in total. The summed E-state index contributed by atoms with van der Waals surface area (Å²) in [5.41, 5.74) is 3.63. The maximum atomic E-state index is 13.7. The van der Waals surface area contributed by atoms with Crippen molar-refractivity contribution in [3.8, 4) is 0 Å². The predicted octanol–water partition coefficient (Wildman–Crippen LogP) is 3.18. The Balaban J connectivity index is 1.90. The van der Waals surface area contributed by atoms with Gasteiger partial charge >= 0.3 is 0 Å². The molecule has 0 fully saturated rings. The second-order valence-electron chi connectivity index (χ2n) is 7.26. The summed E-state index contributed by atoms with van der Waals surface area (Å²) in [5, 5.41) is 1.13. The Morgan fingerprint density at radius 2 is 1.89 bits per heavy atom. The summed E-state index contributed by atoms with van der Waals surface area (Å²) in [5.74, 6) is -0.0734. The number of amides is 2. The Morgan fingerprint density at radius 1 is 1.15 bits per heavy atom. The lowest BCUT2D eigenvalue weighted by molar-refractivity contribution is -0.144. The maximum Gasteiger partial charge on any atom is 0.263 e. The average Bonchev–Trinajstić information content (AvgIpc) is 3.19. The third-order valence-corrected chi connectivity index (χ3v) is 6.04. The summed E-state index contributed by atoms with van der Waals surface area (Å²) >= 11 is 0. The molecule has 5 heteroatoms. The number of aromatic nitrogens is 1. The van der Waals surface area contributed by atoms with Gasteiger partial charge in [0, 0.05) is 42.2 Å². The lowest BCUT2D eigenvalue weighted by Gasteiger charge is -2.43. The number of hydrogen-bond donors (Lipinski definition) is 1. The van der Waals surface area contributed by atoms with Crippen molar-refractivity contribution in [3.63, 3.8) is 0 Å².